The lowest BCUT2D eigenvalue weighted by Gasteiger charge is -2.23. The van der Waals surface area contributed by atoms with E-state index in [0.29, 0.717) is 12.6 Å². The minimum atomic E-state index is -2.41. The predicted octanol–water partition coefficient (Wildman–Crippen LogP) is 5.15. The fourth-order valence-corrected chi connectivity index (χ4v) is 2.84. The van der Waals surface area contributed by atoms with E-state index in [9.17, 15) is 8.78 Å². The Labute approximate surface area is 156 Å². The molecule has 2 rings (SSSR count). The van der Waals surface area contributed by atoms with Crippen LogP contribution in [0.15, 0.2) is 0 Å². The SMILES string of the molecule is CC.CC.CC(C)CN1CCCOC(C)C1.CCN1CCC(F)(F)C1. The fourth-order valence-electron chi connectivity index (χ4n) is 2.84. The summed E-state index contributed by atoms with van der Waals surface area (Å²) >= 11 is 0. The molecule has 154 valence electrons. The standard InChI is InChI=1S/C10H21NO.C6H11F2N.2C2H6/c1-9(2)7-11-5-4-6-12-10(3)8-11;1-2-9-4-3-6(7,8)5-9;2*1-2/h9-10H,4-8H2,1-3H3;2-5H2,1H3;2*1-2H3. The molecule has 0 aliphatic carbocycles. The minimum Gasteiger partial charge on any atom is -0.377 e. The van der Waals surface area contributed by atoms with Crippen LogP contribution in [0.4, 0.5) is 8.78 Å². The van der Waals surface area contributed by atoms with E-state index in [2.05, 4.69) is 25.7 Å². The monoisotopic (exact) mass is 366 g/mol. The summed E-state index contributed by atoms with van der Waals surface area (Å²) in [5.41, 5.74) is 0. The van der Waals surface area contributed by atoms with Gasteiger partial charge in [0.25, 0.3) is 5.92 Å². The highest BCUT2D eigenvalue weighted by Gasteiger charge is 2.37. The van der Waals surface area contributed by atoms with Gasteiger partial charge in [-0.1, -0.05) is 48.5 Å². The van der Waals surface area contributed by atoms with Crippen LogP contribution >= 0.6 is 0 Å². The van der Waals surface area contributed by atoms with Crippen LogP contribution < -0.4 is 0 Å². The zero-order valence-electron chi connectivity index (χ0n) is 18.1. The van der Waals surface area contributed by atoms with E-state index in [1.54, 1.807) is 4.90 Å². The number of nitrogens with zero attached hydrogens (tertiary/aromatic N) is 2. The van der Waals surface area contributed by atoms with E-state index in [0.717, 1.165) is 25.6 Å². The third-order valence-electron chi connectivity index (χ3n) is 3.86. The number of alkyl halides is 2. The van der Waals surface area contributed by atoms with Gasteiger partial charge in [-0.25, -0.2) is 8.78 Å². The van der Waals surface area contributed by atoms with Gasteiger partial charge >= 0.3 is 0 Å². The normalized spacial score (nSPS) is 23.4. The molecule has 1 atom stereocenters. The van der Waals surface area contributed by atoms with E-state index in [4.69, 9.17) is 4.74 Å². The van der Waals surface area contributed by atoms with E-state index < -0.39 is 5.92 Å². The van der Waals surface area contributed by atoms with Gasteiger partial charge < -0.3 is 9.64 Å². The van der Waals surface area contributed by atoms with Gasteiger partial charge in [-0.2, -0.15) is 0 Å². The molecule has 25 heavy (non-hydrogen) atoms. The van der Waals surface area contributed by atoms with Gasteiger partial charge in [0.1, 0.15) is 0 Å². The molecule has 2 aliphatic rings. The van der Waals surface area contributed by atoms with Crippen molar-refractivity contribution in [1.82, 2.24) is 9.80 Å². The largest absolute Gasteiger partial charge is 0.377 e. The van der Waals surface area contributed by atoms with E-state index in [1.165, 1.54) is 19.5 Å². The second-order valence-electron chi connectivity index (χ2n) is 6.66. The molecule has 2 saturated heterocycles. The van der Waals surface area contributed by atoms with Crippen LogP contribution in [0.3, 0.4) is 0 Å². The van der Waals surface area contributed by atoms with Crippen molar-refractivity contribution < 1.29 is 13.5 Å². The van der Waals surface area contributed by atoms with Crippen LogP contribution in [0.5, 0.6) is 0 Å². The highest BCUT2D eigenvalue weighted by Crippen LogP contribution is 2.25. The van der Waals surface area contributed by atoms with Crippen LogP contribution in [0.2, 0.25) is 0 Å². The van der Waals surface area contributed by atoms with E-state index in [1.807, 2.05) is 34.6 Å². The molecule has 1 unspecified atom stereocenters. The van der Waals surface area contributed by atoms with Gasteiger partial charge in [0.05, 0.1) is 12.6 Å². The third kappa shape index (κ3) is 14.6. The highest BCUT2D eigenvalue weighted by molar-refractivity contribution is 4.80. The van der Waals surface area contributed by atoms with Gasteiger partial charge in [-0.3, -0.25) is 4.90 Å². The summed E-state index contributed by atoms with van der Waals surface area (Å²) in [6.45, 7) is 22.4. The summed E-state index contributed by atoms with van der Waals surface area (Å²) in [5, 5.41) is 0. The Kier molecular flexibility index (Phi) is 17.2. The van der Waals surface area contributed by atoms with Crippen LogP contribution in [0, 0.1) is 5.92 Å². The first-order valence-corrected chi connectivity index (χ1v) is 10.3. The Hall–Kier alpha value is -0.260. The Balaban J connectivity index is 0. The van der Waals surface area contributed by atoms with Gasteiger partial charge in [-0.05, 0) is 25.8 Å². The lowest BCUT2D eigenvalue weighted by Crippen LogP contribution is -2.33. The van der Waals surface area contributed by atoms with Crippen LogP contribution in [0.25, 0.3) is 0 Å². The maximum absolute atomic E-state index is 12.3. The Morgan fingerprint density at radius 3 is 2.08 bits per heavy atom. The van der Waals surface area contributed by atoms with E-state index in [-0.39, 0.29) is 13.0 Å². The molecule has 2 fully saturated rings. The second kappa shape index (κ2) is 16.0. The van der Waals surface area contributed by atoms with Crippen molar-refractivity contribution in [3.63, 3.8) is 0 Å². The van der Waals surface area contributed by atoms with E-state index >= 15 is 0 Å². The first-order valence-electron chi connectivity index (χ1n) is 10.3. The summed E-state index contributed by atoms with van der Waals surface area (Å²) in [4.78, 5) is 4.28. The van der Waals surface area contributed by atoms with Crippen LogP contribution in [-0.2, 0) is 4.74 Å². The van der Waals surface area contributed by atoms with Gasteiger partial charge in [0.15, 0.2) is 0 Å². The topological polar surface area (TPSA) is 15.7 Å². The van der Waals surface area contributed by atoms with Gasteiger partial charge in [-0.15, -0.1) is 0 Å². The minimum absolute atomic E-state index is 0.0382. The molecule has 0 bridgehead atoms. The van der Waals surface area contributed by atoms with Crippen molar-refractivity contribution in [1.29, 1.82) is 0 Å². The number of hydrogen-bond acceptors (Lipinski definition) is 3. The zero-order chi connectivity index (χ0) is 19.9. The molecule has 0 aromatic heterocycles. The summed E-state index contributed by atoms with van der Waals surface area (Å²) in [6, 6.07) is 0. The van der Waals surface area contributed by atoms with Gasteiger partial charge in [0, 0.05) is 39.2 Å². The molecule has 0 N–H and O–H groups in total. The molecular formula is C20H44F2N2O. The maximum atomic E-state index is 12.3. The quantitative estimate of drug-likeness (QED) is 0.687. The van der Waals surface area contributed by atoms with Crippen LogP contribution in [-0.4, -0.2) is 67.7 Å². The average Bonchev–Trinajstić information content (AvgIpc) is 2.81. The molecule has 0 amide bonds. The van der Waals surface area contributed by atoms with Crippen molar-refractivity contribution in [2.45, 2.75) is 80.3 Å². The highest BCUT2D eigenvalue weighted by atomic mass is 19.3. The number of hydrogen-bond donors (Lipinski definition) is 0. The third-order valence-corrected chi connectivity index (χ3v) is 3.86. The predicted molar refractivity (Wildman–Crippen MR) is 106 cm³/mol. The lowest BCUT2D eigenvalue weighted by molar-refractivity contribution is 0.0127. The first kappa shape index (κ1) is 27.0. The molecule has 5 heteroatoms. The molecule has 0 aromatic rings. The molecule has 3 nitrogen and oxygen atoms in total. The number of likely N-dealkylation sites (tertiary alicyclic amines) is 1. The number of rotatable bonds is 3. The van der Waals surface area contributed by atoms with Crippen molar-refractivity contribution in [2.24, 2.45) is 5.92 Å². The molecule has 2 heterocycles. The molecule has 0 radical (unpaired) electrons. The molecular weight excluding hydrogens is 322 g/mol. The summed E-state index contributed by atoms with van der Waals surface area (Å²) < 4.78 is 30.3. The molecule has 2 aliphatic heterocycles. The number of ether oxygens (including phenoxy) is 1. The Morgan fingerprint density at radius 2 is 1.68 bits per heavy atom. The molecule has 0 saturated carbocycles. The van der Waals surface area contributed by atoms with Crippen molar-refractivity contribution >= 4 is 0 Å². The van der Waals surface area contributed by atoms with Crippen molar-refractivity contribution in [3.8, 4) is 0 Å². The van der Waals surface area contributed by atoms with Crippen molar-refractivity contribution in [3.05, 3.63) is 0 Å². The summed E-state index contributed by atoms with van der Waals surface area (Å²) in [5.74, 6) is -1.63. The van der Waals surface area contributed by atoms with Crippen molar-refractivity contribution in [2.75, 3.05) is 45.9 Å². The molecule has 0 spiro atoms. The first-order chi connectivity index (χ1) is 11.8. The second-order valence-corrected chi connectivity index (χ2v) is 6.66. The average molecular weight is 367 g/mol. The zero-order valence-corrected chi connectivity index (χ0v) is 18.1. The summed E-state index contributed by atoms with van der Waals surface area (Å²) in [7, 11) is 0. The Morgan fingerprint density at radius 1 is 1.08 bits per heavy atom. The Bertz CT molecular complexity index is 289. The molecule has 0 aromatic carbocycles. The smallest absolute Gasteiger partial charge is 0.261 e. The van der Waals surface area contributed by atoms with Crippen LogP contribution in [0.1, 0.15) is 68.2 Å². The lowest BCUT2D eigenvalue weighted by atomic mass is 10.2. The fraction of sp³-hybridized carbons (Fsp3) is 1.00. The maximum Gasteiger partial charge on any atom is 0.261 e. The summed E-state index contributed by atoms with van der Waals surface area (Å²) in [6.07, 6.45) is 1.66. The number of halogens is 2. The van der Waals surface area contributed by atoms with Gasteiger partial charge in [0.2, 0.25) is 0 Å².